The molecule has 0 unspecified atom stereocenters. The van der Waals surface area contributed by atoms with Crippen LogP contribution in [0.2, 0.25) is 5.15 Å². The average Bonchev–Trinajstić information content (AvgIpc) is 3.08. The van der Waals surface area contributed by atoms with Gasteiger partial charge in [-0.1, -0.05) is 11.6 Å². The van der Waals surface area contributed by atoms with E-state index in [1.165, 1.54) is 47.2 Å². The number of nitrogens with zero attached hydrogens (tertiary/aromatic N) is 2. The summed E-state index contributed by atoms with van der Waals surface area (Å²) in [4.78, 5) is 31.9. The SMILES string of the molecule is Cc1cc2c(-c3ccc[nH]c3=O)c(C(=O)O)n(Cc3cc4cc(F)ccc4nc3Cl)c2cc1F. The van der Waals surface area contributed by atoms with Crippen LogP contribution in [0.15, 0.2) is 59.5 Å². The number of carboxylic acid groups (broad SMARTS) is 1. The largest absolute Gasteiger partial charge is 0.477 e. The Hall–Kier alpha value is -4.04. The van der Waals surface area contributed by atoms with E-state index in [0.717, 1.165) is 0 Å². The minimum absolute atomic E-state index is 0.0936. The number of aryl methyl sites for hydroxylation is 1. The Morgan fingerprint density at radius 3 is 2.71 bits per heavy atom. The van der Waals surface area contributed by atoms with Crippen LogP contribution in [0.1, 0.15) is 21.6 Å². The zero-order valence-electron chi connectivity index (χ0n) is 17.7. The highest BCUT2D eigenvalue weighted by Gasteiger charge is 2.26. The number of pyridine rings is 2. The van der Waals surface area contributed by atoms with E-state index in [1.54, 1.807) is 19.1 Å². The van der Waals surface area contributed by atoms with Gasteiger partial charge < -0.3 is 14.7 Å². The van der Waals surface area contributed by atoms with Gasteiger partial charge in [0.2, 0.25) is 0 Å². The Morgan fingerprint density at radius 1 is 1.18 bits per heavy atom. The number of hydrogen-bond acceptors (Lipinski definition) is 3. The van der Waals surface area contributed by atoms with Crippen LogP contribution in [0.5, 0.6) is 0 Å². The van der Waals surface area contributed by atoms with Crippen LogP contribution >= 0.6 is 11.6 Å². The minimum atomic E-state index is -1.30. The number of aromatic amines is 1. The first kappa shape index (κ1) is 21.8. The summed E-state index contributed by atoms with van der Waals surface area (Å²) in [6.07, 6.45) is 1.44. The molecule has 5 aromatic rings. The van der Waals surface area contributed by atoms with Crippen molar-refractivity contribution in [1.82, 2.24) is 14.5 Å². The number of fused-ring (bicyclic) bond motifs is 2. The molecule has 0 aliphatic carbocycles. The predicted molar refractivity (Wildman–Crippen MR) is 125 cm³/mol. The first-order chi connectivity index (χ1) is 16.2. The number of hydrogen-bond donors (Lipinski definition) is 2. The maximum absolute atomic E-state index is 14.6. The number of H-pyrrole nitrogens is 1. The Bertz CT molecular complexity index is 1690. The van der Waals surface area contributed by atoms with Crippen LogP contribution < -0.4 is 5.56 Å². The van der Waals surface area contributed by atoms with Crippen molar-refractivity contribution < 1.29 is 18.7 Å². The van der Waals surface area contributed by atoms with Crippen molar-refractivity contribution in [3.63, 3.8) is 0 Å². The lowest BCUT2D eigenvalue weighted by Gasteiger charge is -2.12. The molecule has 0 saturated carbocycles. The minimum Gasteiger partial charge on any atom is -0.477 e. The molecule has 34 heavy (non-hydrogen) atoms. The number of aromatic nitrogens is 3. The number of carbonyl (C=O) groups is 1. The smallest absolute Gasteiger partial charge is 0.353 e. The van der Waals surface area contributed by atoms with E-state index in [-0.39, 0.29) is 34.0 Å². The van der Waals surface area contributed by atoms with Gasteiger partial charge in [-0.15, -0.1) is 0 Å². The maximum atomic E-state index is 14.6. The number of halogens is 3. The summed E-state index contributed by atoms with van der Waals surface area (Å²) in [7, 11) is 0. The molecule has 0 amide bonds. The molecule has 0 aliphatic heterocycles. The monoisotopic (exact) mass is 479 g/mol. The van der Waals surface area contributed by atoms with E-state index in [2.05, 4.69) is 9.97 Å². The fourth-order valence-electron chi connectivity index (χ4n) is 4.20. The molecule has 0 bridgehead atoms. The maximum Gasteiger partial charge on any atom is 0.353 e. The summed E-state index contributed by atoms with van der Waals surface area (Å²) in [5.41, 5.74) is 1.09. The van der Waals surface area contributed by atoms with Gasteiger partial charge in [0.1, 0.15) is 22.5 Å². The third kappa shape index (κ3) is 3.52. The summed E-state index contributed by atoms with van der Waals surface area (Å²) in [6, 6.07) is 11.5. The van der Waals surface area contributed by atoms with Gasteiger partial charge in [-0.05, 0) is 61.0 Å². The molecule has 9 heteroatoms. The third-order valence-electron chi connectivity index (χ3n) is 5.77. The van der Waals surface area contributed by atoms with Crippen LogP contribution in [0.3, 0.4) is 0 Å². The fourth-order valence-corrected chi connectivity index (χ4v) is 4.41. The molecule has 0 atom stereocenters. The van der Waals surface area contributed by atoms with Crippen molar-refractivity contribution in [2.24, 2.45) is 0 Å². The molecule has 0 spiro atoms. The van der Waals surface area contributed by atoms with Gasteiger partial charge in [0.05, 0.1) is 17.6 Å². The van der Waals surface area contributed by atoms with E-state index in [4.69, 9.17) is 11.6 Å². The van der Waals surface area contributed by atoms with Crippen molar-refractivity contribution in [2.75, 3.05) is 0 Å². The second kappa shape index (κ2) is 8.07. The van der Waals surface area contributed by atoms with Gasteiger partial charge in [0.15, 0.2) is 0 Å². The van der Waals surface area contributed by atoms with Gasteiger partial charge in [0, 0.05) is 33.7 Å². The normalized spacial score (nSPS) is 11.4. The molecule has 6 nitrogen and oxygen atoms in total. The number of nitrogens with one attached hydrogen (secondary N) is 1. The van der Waals surface area contributed by atoms with Gasteiger partial charge in [-0.3, -0.25) is 4.79 Å². The Kier molecular flexibility index (Phi) is 5.17. The first-order valence-corrected chi connectivity index (χ1v) is 10.6. The quantitative estimate of drug-likeness (QED) is 0.332. The van der Waals surface area contributed by atoms with Gasteiger partial charge in [-0.25, -0.2) is 18.6 Å². The van der Waals surface area contributed by atoms with Gasteiger partial charge in [-0.2, -0.15) is 0 Å². The standard InChI is InChI=1S/C25H16ClF2N3O3/c1-12-7-17-20(10-18(12)28)31(22(25(33)34)21(17)16-3-2-6-29-24(16)32)11-14-8-13-9-15(27)4-5-19(13)30-23(14)26/h2-10H,11H2,1H3,(H,29,32)(H,33,34). The average molecular weight is 480 g/mol. The first-order valence-electron chi connectivity index (χ1n) is 10.2. The van der Waals surface area contributed by atoms with Crippen molar-refractivity contribution in [2.45, 2.75) is 13.5 Å². The third-order valence-corrected chi connectivity index (χ3v) is 6.09. The molecular formula is C25H16ClF2N3O3. The summed E-state index contributed by atoms with van der Waals surface area (Å²) >= 11 is 6.39. The highest BCUT2D eigenvalue weighted by Crippen LogP contribution is 2.36. The van der Waals surface area contributed by atoms with Crippen LogP contribution in [-0.2, 0) is 6.54 Å². The molecule has 5 rings (SSSR count). The van der Waals surface area contributed by atoms with Gasteiger partial charge in [0.25, 0.3) is 5.56 Å². The van der Waals surface area contributed by atoms with Crippen molar-refractivity contribution in [1.29, 1.82) is 0 Å². The molecule has 0 fully saturated rings. The Morgan fingerprint density at radius 2 is 1.97 bits per heavy atom. The zero-order chi connectivity index (χ0) is 24.1. The van der Waals surface area contributed by atoms with E-state index in [0.29, 0.717) is 27.4 Å². The second-order valence-electron chi connectivity index (χ2n) is 7.92. The number of aromatic carboxylic acids is 1. The van der Waals surface area contributed by atoms with Gasteiger partial charge >= 0.3 is 5.97 Å². The second-order valence-corrected chi connectivity index (χ2v) is 8.28. The highest BCUT2D eigenvalue weighted by molar-refractivity contribution is 6.30. The molecule has 2 N–H and O–H groups in total. The van der Waals surface area contributed by atoms with E-state index in [1.807, 2.05) is 0 Å². The van der Waals surface area contributed by atoms with Crippen LogP contribution in [0.4, 0.5) is 8.78 Å². The van der Waals surface area contributed by atoms with Crippen LogP contribution in [0.25, 0.3) is 32.9 Å². The molecule has 3 aromatic heterocycles. The van der Waals surface area contributed by atoms with Crippen LogP contribution in [-0.4, -0.2) is 25.6 Å². The molecule has 0 aliphatic rings. The molecular weight excluding hydrogens is 464 g/mol. The van der Waals surface area contributed by atoms with E-state index < -0.39 is 23.2 Å². The van der Waals surface area contributed by atoms with Crippen LogP contribution in [0, 0.1) is 18.6 Å². The Labute approximate surface area is 196 Å². The summed E-state index contributed by atoms with van der Waals surface area (Å²) in [5.74, 6) is -2.28. The molecule has 2 aromatic carbocycles. The lowest BCUT2D eigenvalue weighted by atomic mass is 10.0. The summed E-state index contributed by atoms with van der Waals surface area (Å²) in [6.45, 7) is 1.47. The van der Waals surface area contributed by atoms with Crippen molar-refractivity contribution >= 4 is 39.4 Å². The van der Waals surface area contributed by atoms with E-state index >= 15 is 0 Å². The topological polar surface area (TPSA) is 88.0 Å². The lowest BCUT2D eigenvalue weighted by Crippen LogP contribution is -2.14. The lowest BCUT2D eigenvalue weighted by molar-refractivity contribution is 0.0687. The highest BCUT2D eigenvalue weighted by atomic mass is 35.5. The van der Waals surface area contributed by atoms with Crippen molar-refractivity contribution in [3.8, 4) is 11.1 Å². The molecule has 170 valence electrons. The zero-order valence-corrected chi connectivity index (χ0v) is 18.5. The van der Waals surface area contributed by atoms with Crippen molar-refractivity contribution in [3.05, 3.63) is 98.7 Å². The van der Waals surface area contributed by atoms with E-state index in [9.17, 15) is 23.5 Å². The summed E-state index contributed by atoms with van der Waals surface area (Å²) < 4.78 is 29.8. The Balaban J connectivity index is 1.83. The number of rotatable bonds is 4. The number of benzene rings is 2. The fraction of sp³-hybridized carbons (Fsp3) is 0.0800. The molecule has 0 radical (unpaired) electrons. The number of carboxylic acids is 1. The predicted octanol–water partition coefficient (Wildman–Crippen LogP) is 5.53. The molecule has 3 heterocycles. The molecule has 0 saturated heterocycles. The summed E-state index contributed by atoms with van der Waals surface area (Å²) in [5, 5.41) is 11.2.